The van der Waals surface area contributed by atoms with E-state index < -0.39 is 36.0 Å². The Hall–Kier alpha value is -1.92. The van der Waals surface area contributed by atoms with E-state index in [0.717, 1.165) is 0 Å². The number of carbonyl (C=O) groups excluding carboxylic acids is 2. The number of hydrogen-bond acceptors (Lipinski definition) is 6. The predicted octanol–water partition coefficient (Wildman–Crippen LogP) is 0.764. The lowest BCUT2D eigenvalue weighted by molar-refractivity contribution is -0.143. The van der Waals surface area contributed by atoms with E-state index in [9.17, 15) is 19.8 Å². The van der Waals surface area contributed by atoms with Crippen LogP contribution in [0.5, 0.6) is 0 Å². The molecule has 2 N–H and O–H groups in total. The molecule has 1 aromatic rings. The molecule has 0 heterocycles. The third-order valence-corrected chi connectivity index (χ3v) is 4.07. The zero-order valence-corrected chi connectivity index (χ0v) is 12.3. The molecule has 6 heteroatoms. The van der Waals surface area contributed by atoms with Gasteiger partial charge in [0.25, 0.3) is 0 Å². The molecule has 0 bridgehead atoms. The summed E-state index contributed by atoms with van der Waals surface area (Å²) >= 11 is 0. The summed E-state index contributed by atoms with van der Waals surface area (Å²) in [4.78, 5) is 23.3. The van der Waals surface area contributed by atoms with E-state index in [1.807, 2.05) is 0 Å². The number of carbonyl (C=O) groups is 2. The van der Waals surface area contributed by atoms with E-state index in [2.05, 4.69) is 4.74 Å². The second kappa shape index (κ2) is 7.38. The van der Waals surface area contributed by atoms with Crippen LogP contribution in [0.1, 0.15) is 23.2 Å². The predicted molar refractivity (Wildman–Crippen MR) is 77.0 cm³/mol. The fourth-order valence-electron chi connectivity index (χ4n) is 2.80. The zero-order chi connectivity index (χ0) is 16.1. The molecule has 1 fully saturated rings. The van der Waals surface area contributed by atoms with Crippen LogP contribution in [0, 0.1) is 11.8 Å². The monoisotopic (exact) mass is 308 g/mol. The molecule has 22 heavy (non-hydrogen) atoms. The first kappa shape index (κ1) is 16.5. The first-order chi connectivity index (χ1) is 10.5. The third-order valence-electron chi connectivity index (χ3n) is 4.07. The van der Waals surface area contributed by atoms with Gasteiger partial charge in [0.2, 0.25) is 0 Å². The molecule has 2 rings (SSSR count). The van der Waals surface area contributed by atoms with Crippen molar-refractivity contribution in [3.63, 3.8) is 0 Å². The van der Waals surface area contributed by atoms with Gasteiger partial charge in [-0.05, 0) is 18.6 Å². The number of aliphatic hydroxyl groups is 2. The fraction of sp³-hybridized carbons (Fsp3) is 0.500. The molecule has 0 saturated heterocycles. The van der Waals surface area contributed by atoms with Crippen molar-refractivity contribution in [3.05, 3.63) is 35.9 Å². The van der Waals surface area contributed by atoms with E-state index in [-0.39, 0.29) is 19.4 Å². The molecule has 0 amide bonds. The molecule has 0 spiro atoms. The quantitative estimate of drug-likeness (QED) is 0.780. The van der Waals surface area contributed by atoms with E-state index in [4.69, 9.17) is 4.74 Å². The van der Waals surface area contributed by atoms with E-state index in [0.29, 0.717) is 5.56 Å². The SMILES string of the molecule is COC(=O)C[C@@H]1[C@@H](COC(=O)c2ccccc2)[C@@H](O)C[C@H]1O. The van der Waals surface area contributed by atoms with Crippen molar-refractivity contribution >= 4 is 11.9 Å². The number of benzene rings is 1. The molecule has 6 nitrogen and oxygen atoms in total. The molecular weight excluding hydrogens is 288 g/mol. The number of hydrogen-bond donors (Lipinski definition) is 2. The molecule has 0 unspecified atom stereocenters. The summed E-state index contributed by atoms with van der Waals surface area (Å²) < 4.78 is 9.81. The normalized spacial score (nSPS) is 27.4. The van der Waals surface area contributed by atoms with Crippen molar-refractivity contribution in [3.8, 4) is 0 Å². The highest BCUT2D eigenvalue weighted by molar-refractivity contribution is 5.89. The Morgan fingerprint density at radius 2 is 1.77 bits per heavy atom. The van der Waals surface area contributed by atoms with Crippen molar-refractivity contribution in [2.45, 2.75) is 25.0 Å². The lowest BCUT2D eigenvalue weighted by atomic mass is 9.91. The number of aliphatic hydroxyl groups excluding tert-OH is 2. The van der Waals surface area contributed by atoms with Crippen molar-refractivity contribution in [2.24, 2.45) is 11.8 Å². The number of ether oxygens (including phenoxy) is 2. The summed E-state index contributed by atoms with van der Waals surface area (Å²) in [6.45, 7) is -0.0480. The standard InChI is InChI=1S/C16H20O6/c1-21-15(19)7-11-12(14(18)8-13(11)17)9-22-16(20)10-5-3-2-4-6-10/h2-6,11-14,17-18H,7-9H2,1H3/t11-,12-,13-,14+/m1/s1. The van der Waals surface area contributed by atoms with E-state index >= 15 is 0 Å². The maximum absolute atomic E-state index is 11.9. The topological polar surface area (TPSA) is 93.1 Å². The zero-order valence-electron chi connectivity index (χ0n) is 12.3. The number of rotatable bonds is 5. The Morgan fingerprint density at radius 1 is 1.14 bits per heavy atom. The summed E-state index contributed by atoms with van der Waals surface area (Å²) in [5.41, 5.74) is 0.417. The van der Waals surface area contributed by atoms with Gasteiger partial charge in [-0.15, -0.1) is 0 Å². The first-order valence-electron chi connectivity index (χ1n) is 7.18. The van der Waals surface area contributed by atoms with Crippen molar-refractivity contribution in [1.82, 2.24) is 0 Å². The van der Waals surface area contributed by atoms with Gasteiger partial charge < -0.3 is 19.7 Å². The number of esters is 2. The summed E-state index contributed by atoms with van der Waals surface area (Å²) in [7, 11) is 1.27. The van der Waals surface area contributed by atoms with Crippen LogP contribution in [0.2, 0.25) is 0 Å². The lowest BCUT2D eigenvalue weighted by Gasteiger charge is -2.22. The summed E-state index contributed by atoms with van der Waals surface area (Å²) in [5.74, 6) is -1.92. The summed E-state index contributed by atoms with van der Waals surface area (Å²) in [6, 6.07) is 8.51. The van der Waals surface area contributed by atoms with Gasteiger partial charge in [-0.1, -0.05) is 18.2 Å². The smallest absolute Gasteiger partial charge is 0.338 e. The van der Waals surface area contributed by atoms with Crippen LogP contribution < -0.4 is 0 Å². The average Bonchev–Trinajstić information content (AvgIpc) is 2.79. The average molecular weight is 308 g/mol. The molecule has 1 aromatic carbocycles. The second-order valence-corrected chi connectivity index (χ2v) is 5.44. The largest absolute Gasteiger partial charge is 0.469 e. The van der Waals surface area contributed by atoms with Crippen LogP contribution in [0.3, 0.4) is 0 Å². The van der Waals surface area contributed by atoms with Crippen molar-refractivity contribution < 1.29 is 29.3 Å². The van der Waals surface area contributed by atoms with Crippen LogP contribution in [0.4, 0.5) is 0 Å². The van der Waals surface area contributed by atoms with Crippen LogP contribution in [-0.2, 0) is 14.3 Å². The van der Waals surface area contributed by atoms with Crippen LogP contribution in [0.25, 0.3) is 0 Å². The lowest BCUT2D eigenvalue weighted by Crippen LogP contribution is -2.30. The Morgan fingerprint density at radius 3 is 2.41 bits per heavy atom. The highest BCUT2D eigenvalue weighted by Gasteiger charge is 2.43. The van der Waals surface area contributed by atoms with Gasteiger partial charge in [-0.3, -0.25) is 4.79 Å². The van der Waals surface area contributed by atoms with Gasteiger partial charge in [0.1, 0.15) is 0 Å². The molecule has 4 atom stereocenters. The molecule has 120 valence electrons. The minimum absolute atomic E-state index is 0.0116. The molecule has 1 aliphatic carbocycles. The van der Waals surface area contributed by atoms with Gasteiger partial charge >= 0.3 is 11.9 Å². The minimum Gasteiger partial charge on any atom is -0.469 e. The Labute approximate surface area is 128 Å². The van der Waals surface area contributed by atoms with Gasteiger partial charge in [-0.2, -0.15) is 0 Å². The van der Waals surface area contributed by atoms with Crippen LogP contribution in [-0.4, -0.2) is 48.1 Å². The van der Waals surface area contributed by atoms with E-state index in [1.165, 1.54) is 7.11 Å². The highest BCUT2D eigenvalue weighted by Crippen LogP contribution is 2.35. The van der Waals surface area contributed by atoms with Gasteiger partial charge in [0, 0.05) is 11.8 Å². The summed E-state index contributed by atoms with van der Waals surface area (Å²) in [5, 5.41) is 19.9. The fourth-order valence-corrected chi connectivity index (χ4v) is 2.80. The Bertz CT molecular complexity index is 515. The molecule has 0 aliphatic heterocycles. The highest BCUT2D eigenvalue weighted by atomic mass is 16.5. The second-order valence-electron chi connectivity index (χ2n) is 5.44. The minimum atomic E-state index is -0.812. The van der Waals surface area contributed by atoms with E-state index in [1.54, 1.807) is 30.3 Å². The van der Waals surface area contributed by atoms with Gasteiger partial charge in [0.05, 0.1) is 37.9 Å². The molecule has 1 saturated carbocycles. The Kier molecular flexibility index (Phi) is 5.51. The molecular formula is C16H20O6. The molecule has 0 radical (unpaired) electrons. The van der Waals surface area contributed by atoms with Gasteiger partial charge in [0.15, 0.2) is 0 Å². The van der Waals surface area contributed by atoms with Crippen molar-refractivity contribution in [1.29, 1.82) is 0 Å². The van der Waals surface area contributed by atoms with Gasteiger partial charge in [-0.25, -0.2) is 4.79 Å². The first-order valence-corrected chi connectivity index (χ1v) is 7.18. The maximum Gasteiger partial charge on any atom is 0.338 e. The summed E-state index contributed by atoms with van der Waals surface area (Å²) in [6.07, 6.45) is -1.47. The molecule has 1 aliphatic rings. The third kappa shape index (κ3) is 3.84. The Balaban J connectivity index is 1.97. The molecule has 0 aromatic heterocycles. The maximum atomic E-state index is 11.9. The van der Waals surface area contributed by atoms with Crippen molar-refractivity contribution in [2.75, 3.05) is 13.7 Å². The van der Waals surface area contributed by atoms with Crippen LogP contribution in [0.15, 0.2) is 30.3 Å². The number of methoxy groups -OCH3 is 1. The van der Waals surface area contributed by atoms with Crippen LogP contribution >= 0.6 is 0 Å².